The van der Waals surface area contributed by atoms with E-state index in [1.807, 2.05) is 26.1 Å². The second-order valence-corrected chi connectivity index (χ2v) is 5.96. The molecule has 0 aliphatic carbocycles. The Morgan fingerprint density at radius 1 is 1.27 bits per heavy atom. The number of alkyl halides is 2. The van der Waals surface area contributed by atoms with Gasteiger partial charge in [0.1, 0.15) is 12.3 Å². The average Bonchev–Trinajstić information content (AvgIpc) is 2.98. The molecule has 1 aromatic heterocycles. The number of carbonyl (C=O) groups is 1. The topological polar surface area (TPSA) is 65.1 Å². The van der Waals surface area contributed by atoms with Gasteiger partial charge in [-0.1, -0.05) is 6.07 Å². The number of methoxy groups -OCH3 is 1. The molecule has 0 spiro atoms. The number of benzene rings is 1. The monoisotopic (exact) mass is 369 g/mol. The highest BCUT2D eigenvalue weighted by Crippen LogP contribution is 2.29. The van der Waals surface area contributed by atoms with Crippen LogP contribution >= 0.6 is 0 Å². The van der Waals surface area contributed by atoms with E-state index in [0.29, 0.717) is 6.54 Å². The third kappa shape index (κ3) is 6.03. The van der Waals surface area contributed by atoms with E-state index < -0.39 is 6.61 Å². The third-order valence-corrected chi connectivity index (χ3v) is 3.67. The Morgan fingerprint density at radius 3 is 2.65 bits per heavy atom. The fourth-order valence-corrected chi connectivity index (χ4v) is 2.49. The summed E-state index contributed by atoms with van der Waals surface area (Å²) < 4.78 is 39.6. The van der Waals surface area contributed by atoms with E-state index >= 15 is 0 Å². The van der Waals surface area contributed by atoms with Gasteiger partial charge in [-0.05, 0) is 36.8 Å². The number of rotatable bonds is 9. The molecule has 0 bridgehead atoms. The van der Waals surface area contributed by atoms with Gasteiger partial charge in [-0.2, -0.15) is 8.78 Å². The molecule has 1 aromatic carbocycles. The molecule has 0 saturated carbocycles. The van der Waals surface area contributed by atoms with Gasteiger partial charge in [0, 0.05) is 6.54 Å². The summed E-state index contributed by atoms with van der Waals surface area (Å²) in [5, 5.41) is 2.80. The molecule has 2 aromatic rings. The number of carbonyl (C=O) groups excluding carboxylic acids is 1. The van der Waals surface area contributed by atoms with E-state index in [9.17, 15) is 13.6 Å². The van der Waals surface area contributed by atoms with Gasteiger partial charge in [0.05, 0.1) is 14.2 Å². The Kier molecular flexibility index (Phi) is 6.97. The van der Waals surface area contributed by atoms with E-state index in [1.165, 1.54) is 13.2 Å². The minimum Gasteiger partial charge on any atom is -0.493 e. The van der Waals surface area contributed by atoms with Crippen molar-refractivity contribution in [1.82, 2.24) is 5.32 Å². The smallest absolute Gasteiger partial charge is 0.387 e. The van der Waals surface area contributed by atoms with Crippen LogP contribution in [0.4, 0.5) is 8.78 Å². The lowest BCUT2D eigenvalue weighted by atomic mass is 10.2. The predicted molar refractivity (Wildman–Crippen MR) is 90.4 cm³/mol. The number of ether oxygens (including phenoxy) is 2. The summed E-state index contributed by atoms with van der Waals surface area (Å²) >= 11 is 0. The highest BCUT2D eigenvalue weighted by molar-refractivity contribution is 5.76. The van der Waals surface area contributed by atoms with Crippen molar-refractivity contribution >= 4 is 5.91 Å². The van der Waals surface area contributed by atoms with Gasteiger partial charge < -0.3 is 24.1 Å². The van der Waals surface area contributed by atoms with E-state index in [0.717, 1.165) is 22.0 Å². The summed E-state index contributed by atoms with van der Waals surface area (Å²) in [6.45, 7) is 0.0957. The number of amides is 1. The fourth-order valence-electron chi connectivity index (χ4n) is 2.49. The highest BCUT2D eigenvalue weighted by atomic mass is 19.3. The average molecular weight is 369 g/mol. The van der Waals surface area contributed by atoms with Crippen molar-refractivity contribution in [3.05, 3.63) is 47.4 Å². The Bertz CT molecular complexity index is 734. The van der Waals surface area contributed by atoms with Crippen LogP contribution in [0.3, 0.4) is 0 Å². The third-order valence-electron chi connectivity index (χ3n) is 3.67. The van der Waals surface area contributed by atoms with E-state index in [-0.39, 0.29) is 30.5 Å². The molecule has 142 valence electrons. The number of quaternary nitrogens is 1. The van der Waals surface area contributed by atoms with E-state index in [1.54, 1.807) is 12.1 Å². The Balaban J connectivity index is 1.84. The molecule has 0 aliphatic heterocycles. The van der Waals surface area contributed by atoms with Crippen LogP contribution < -0.4 is 19.7 Å². The summed E-state index contributed by atoms with van der Waals surface area (Å²) in [6.07, 6.45) is 0. The number of furan rings is 1. The first-order valence-corrected chi connectivity index (χ1v) is 8.12. The number of hydrogen-bond donors (Lipinski definition) is 2. The molecular formula is C18H23F2N2O4+. The van der Waals surface area contributed by atoms with Crippen molar-refractivity contribution in [2.45, 2.75) is 26.6 Å². The zero-order chi connectivity index (χ0) is 19.1. The van der Waals surface area contributed by atoms with Gasteiger partial charge in [-0.25, -0.2) is 0 Å². The van der Waals surface area contributed by atoms with Crippen LogP contribution in [0.2, 0.25) is 0 Å². The maximum Gasteiger partial charge on any atom is 0.387 e. The van der Waals surface area contributed by atoms with Crippen LogP contribution in [0.1, 0.15) is 17.1 Å². The van der Waals surface area contributed by atoms with Gasteiger partial charge in [-0.15, -0.1) is 0 Å². The predicted octanol–water partition coefficient (Wildman–Crippen LogP) is 1.53. The summed E-state index contributed by atoms with van der Waals surface area (Å²) in [4.78, 5) is 13.1. The quantitative estimate of drug-likeness (QED) is 0.704. The second kappa shape index (κ2) is 9.19. The molecule has 0 fully saturated rings. The van der Waals surface area contributed by atoms with Crippen LogP contribution in [0.5, 0.6) is 11.5 Å². The largest absolute Gasteiger partial charge is 0.493 e. The molecule has 1 unspecified atom stereocenters. The molecular weight excluding hydrogens is 346 g/mol. The Morgan fingerprint density at radius 2 is 2.04 bits per heavy atom. The molecule has 0 aliphatic rings. The summed E-state index contributed by atoms with van der Waals surface area (Å²) in [5.74, 6) is 1.68. The van der Waals surface area contributed by atoms with Crippen LogP contribution in [-0.4, -0.2) is 33.2 Å². The van der Waals surface area contributed by atoms with Crippen molar-refractivity contribution in [3.63, 3.8) is 0 Å². The lowest BCUT2D eigenvalue weighted by molar-refractivity contribution is -0.886. The van der Waals surface area contributed by atoms with Crippen LogP contribution in [0.15, 0.2) is 34.7 Å². The molecule has 26 heavy (non-hydrogen) atoms. The van der Waals surface area contributed by atoms with E-state index in [4.69, 9.17) is 9.15 Å². The van der Waals surface area contributed by atoms with Crippen LogP contribution in [0, 0.1) is 6.92 Å². The van der Waals surface area contributed by atoms with Gasteiger partial charge in [0.2, 0.25) is 0 Å². The molecule has 1 amide bonds. The summed E-state index contributed by atoms with van der Waals surface area (Å²) in [5.41, 5.74) is 0.719. The zero-order valence-corrected chi connectivity index (χ0v) is 15.0. The van der Waals surface area contributed by atoms with Crippen molar-refractivity contribution < 1.29 is 32.4 Å². The standard InChI is InChI=1S/C18H22F2N2O4/c1-12-4-6-14(25-12)10-22(2)11-17(23)21-9-13-5-7-15(26-18(19)20)16(8-13)24-3/h4-8,18H,9-11H2,1-3H3,(H,21,23)/p+1. The minimum atomic E-state index is -2.93. The molecule has 1 atom stereocenters. The normalized spacial score (nSPS) is 12.1. The molecule has 2 rings (SSSR count). The fraction of sp³-hybridized carbons (Fsp3) is 0.389. The Labute approximate surface area is 150 Å². The minimum absolute atomic E-state index is 0.0458. The molecule has 8 heteroatoms. The van der Waals surface area contributed by atoms with Gasteiger partial charge in [-0.3, -0.25) is 4.79 Å². The SMILES string of the molecule is COc1cc(CNC(=O)C[NH+](C)Cc2ccc(C)o2)ccc1OC(F)F. The van der Waals surface area contributed by atoms with Gasteiger partial charge in [0.25, 0.3) is 5.91 Å². The van der Waals surface area contributed by atoms with Crippen LogP contribution in [-0.2, 0) is 17.9 Å². The van der Waals surface area contributed by atoms with Crippen molar-refractivity contribution in [2.24, 2.45) is 0 Å². The maximum atomic E-state index is 12.3. The first-order chi connectivity index (χ1) is 12.4. The van der Waals surface area contributed by atoms with Crippen LogP contribution in [0.25, 0.3) is 0 Å². The van der Waals surface area contributed by atoms with Gasteiger partial charge in [0.15, 0.2) is 23.8 Å². The first-order valence-electron chi connectivity index (χ1n) is 8.12. The molecule has 1 heterocycles. The van der Waals surface area contributed by atoms with Crippen molar-refractivity contribution in [1.29, 1.82) is 0 Å². The number of aryl methyl sites for hydroxylation is 1. The maximum absolute atomic E-state index is 12.3. The van der Waals surface area contributed by atoms with Crippen molar-refractivity contribution in [3.8, 4) is 11.5 Å². The lowest BCUT2D eigenvalue weighted by Gasteiger charge is -2.14. The first kappa shape index (κ1) is 19.7. The number of likely N-dealkylation sites (N-methyl/N-ethyl adjacent to an activating group) is 1. The molecule has 6 nitrogen and oxygen atoms in total. The number of nitrogens with one attached hydrogen (secondary N) is 2. The summed E-state index contributed by atoms with van der Waals surface area (Å²) in [6, 6.07) is 8.33. The summed E-state index contributed by atoms with van der Waals surface area (Å²) in [7, 11) is 3.27. The molecule has 2 N–H and O–H groups in total. The molecule has 0 saturated heterocycles. The van der Waals surface area contributed by atoms with E-state index in [2.05, 4.69) is 10.1 Å². The van der Waals surface area contributed by atoms with Gasteiger partial charge >= 0.3 is 6.61 Å². The Hall–Kier alpha value is -2.61. The zero-order valence-electron chi connectivity index (χ0n) is 15.0. The number of halogens is 2. The highest BCUT2D eigenvalue weighted by Gasteiger charge is 2.14. The molecule has 0 radical (unpaired) electrons. The lowest BCUT2D eigenvalue weighted by Crippen LogP contribution is -3.08. The second-order valence-electron chi connectivity index (χ2n) is 5.96. The number of hydrogen-bond acceptors (Lipinski definition) is 4. The van der Waals surface area contributed by atoms with Crippen molar-refractivity contribution in [2.75, 3.05) is 20.7 Å².